The molecule has 1 fully saturated rings. The number of carboxylic acids is 1. The monoisotopic (exact) mass is 314 g/mol. The van der Waals surface area contributed by atoms with Crippen LogP contribution in [0.2, 0.25) is 0 Å². The van der Waals surface area contributed by atoms with Gasteiger partial charge in [0.05, 0.1) is 5.92 Å². The zero-order chi connectivity index (χ0) is 16.6. The van der Waals surface area contributed by atoms with Crippen molar-refractivity contribution in [1.82, 2.24) is 10.6 Å². The van der Waals surface area contributed by atoms with Crippen LogP contribution in [0.25, 0.3) is 0 Å². The van der Waals surface area contributed by atoms with Crippen molar-refractivity contribution in [3.63, 3.8) is 0 Å². The number of hydrogen-bond donors (Lipinski definition) is 4. The van der Waals surface area contributed by atoms with Crippen molar-refractivity contribution in [2.75, 3.05) is 13.2 Å². The fourth-order valence-electron chi connectivity index (χ4n) is 3.17. The van der Waals surface area contributed by atoms with Crippen LogP contribution in [-0.2, 0) is 4.79 Å². The van der Waals surface area contributed by atoms with E-state index in [0.29, 0.717) is 38.6 Å². The Morgan fingerprint density at radius 3 is 2.18 bits per heavy atom. The minimum absolute atomic E-state index is 0.0486. The van der Waals surface area contributed by atoms with Crippen molar-refractivity contribution in [1.29, 1.82) is 0 Å². The fourth-order valence-corrected chi connectivity index (χ4v) is 3.17. The molecule has 0 aliphatic heterocycles. The Morgan fingerprint density at radius 1 is 1.14 bits per heavy atom. The first kappa shape index (κ1) is 18.7. The third kappa shape index (κ3) is 5.48. The number of nitrogens with one attached hydrogen (secondary N) is 2. The zero-order valence-electron chi connectivity index (χ0n) is 13.7. The number of aliphatic hydroxyl groups is 1. The van der Waals surface area contributed by atoms with E-state index < -0.39 is 5.97 Å². The number of carboxylic acid groups (broad SMARTS) is 1. The molecule has 0 aromatic rings. The van der Waals surface area contributed by atoms with Crippen LogP contribution in [0.3, 0.4) is 0 Å². The van der Waals surface area contributed by atoms with Gasteiger partial charge in [-0.2, -0.15) is 0 Å². The quantitative estimate of drug-likeness (QED) is 0.551. The van der Waals surface area contributed by atoms with Crippen LogP contribution in [-0.4, -0.2) is 41.4 Å². The molecule has 1 aliphatic rings. The maximum Gasteiger partial charge on any atom is 0.315 e. The standard InChI is InChI=1S/C16H30N2O4/c1-3-16(4-2,9-10-19)11-17-15(22)18-13-7-5-12(6-8-13)14(20)21/h12-13,19H,3-11H2,1-2H3,(H,20,21)(H2,17,18,22). The van der Waals surface area contributed by atoms with Crippen molar-refractivity contribution in [2.45, 2.75) is 64.8 Å². The summed E-state index contributed by atoms with van der Waals surface area (Å²) in [7, 11) is 0. The fraction of sp³-hybridized carbons (Fsp3) is 0.875. The van der Waals surface area contributed by atoms with Gasteiger partial charge in [-0.25, -0.2) is 4.79 Å². The van der Waals surface area contributed by atoms with Crippen LogP contribution in [0.15, 0.2) is 0 Å². The lowest BCUT2D eigenvalue weighted by molar-refractivity contribution is -0.142. The molecule has 1 rings (SSSR count). The molecule has 6 heteroatoms. The summed E-state index contributed by atoms with van der Waals surface area (Å²) in [5.74, 6) is -0.999. The van der Waals surface area contributed by atoms with E-state index in [1.54, 1.807) is 0 Å². The second-order valence-electron chi connectivity index (χ2n) is 6.39. The Bertz CT molecular complexity index is 361. The molecule has 0 radical (unpaired) electrons. The van der Waals surface area contributed by atoms with Gasteiger partial charge in [-0.15, -0.1) is 0 Å². The first-order valence-electron chi connectivity index (χ1n) is 8.34. The minimum atomic E-state index is -0.734. The molecule has 1 aliphatic carbocycles. The molecule has 6 nitrogen and oxygen atoms in total. The lowest BCUT2D eigenvalue weighted by Gasteiger charge is -2.32. The van der Waals surface area contributed by atoms with Gasteiger partial charge in [-0.3, -0.25) is 4.79 Å². The summed E-state index contributed by atoms with van der Waals surface area (Å²) in [4.78, 5) is 22.9. The van der Waals surface area contributed by atoms with Gasteiger partial charge in [-0.1, -0.05) is 13.8 Å². The molecule has 1 saturated carbocycles. The van der Waals surface area contributed by atoms with Crippen LogP contribution in [0.4, 0.5) is 4.79 Å². The van der Waals surface area contributed by atoms with Crippen LogP contribution < -0.4 is 10.6 Å². The maximum absolute atomic E-state index is 12.0. The van der Waals surface area contributed by atoms with Gasteiger partial charge in [0.25, 0.3) is 0 Å². The van der Waals surface area contributed by atoms with Crippen molar-refractivity contribution in [3.8, 4) is 0 Å². The summed E-state index contributed by atoms with van der Waals surface area (Å²) in [6.45, 7) is 4.83. The van der Waals surface area contributed by atoms with Crippen molar-refractivity contribution < 1.29 is 19.8 Å². The Balaban J connectivity index is 2.36. The third-order valence-electron chi connectivity index (χ3n) is 5.18. The topological polar surface area (TPSA) is 98.7 Å². The van der Waals surface area contributed by atoms with Crippen LogP contribution in [0, 0.1) is 11.3 Å². The minimum Gasteiger partial charge on any atom is -0.481 e. The van der Waals surface area contributed by atoms with E-state index in [1.807, 2.05) is 0 Å². The number of carbonyl (C=O) groups excluding carboxylic acids is 1. The largest absolute Gasteiger partial charge is 0.481 e. The average Bonchev–Trinajstić information content (AvgIpc) is 2.52. The van der Waals surface area contributed by atoms with E-state index in [0.717, 1.165) is 12.8 Å². The van der Waals surface area contributed by atoms with Crippen molar-refractivity contribution in [3.05, 3.63) is 0 Å². The van der Waals surface area contributed by atoms with E-state index in [4.69, 9.17) is 5.11 Å². The van der Waals surface area contributed by atoms with Gasteiger partial charge in [0.2, 0.25) is 0 Å². The van der Waals surface area contributed by atoms with Crippen LogP contribution in [0.5, 0.6) is 0 Å². The molecule has 0 bridgehead atoms. The Labute approximate surface area is 132 Å². The molecule has 2 amide bonds. The molecule has 0 atom stereocenters. The Morgan fingerprint density at radius 2 is 1.73 bits per heavy atom. The Kier molecular flexibility index (Phi) is 7.65. The summed E-state index contributed by atoms with van der Waals surface area (Å²) in [5, 5.41) is 24.0. The SMILES string of the molecule is CCC(CC)(CCO)CNC(=O)NC1CCC(C(=O)O)CC1. The molecular weight excluding hydrogens is 284 g/mol. The number of urea groups is 1. The number of carbonyl (C=O) groups is 2. The zero-order valence-corrected chi connectivity index (χ0v) is 13.7. The predicted molar refractivity (Wildman–Crippen MR) is 84.6 cm³/mol. The molecule has 0 aromatic carbocycles. The molecule has 22 heavy (non-hydrogen) atoms. The number of aliphatic hydroxyl groups excluding tert-OH is 1. The molecule has 0 saturated heterocycles. The molecule has 4 N–H and O–H groups in total. The highest BCUT2D eigenvalue weighted by atomic mass is 16.4. The molecule has 0 unspecified atom stereocenters. The van der Waals surface area contributed by atoms with Gasteiger partial charge in [0.15, 0.2) is 0 Å². The predicted octanol–water partition coefficient (Wildman–Crippen LogP) is 2.12. The number of hydrogen-bond acceptors (Lipinski definition) is 3. The second kappa shape index (κ2) is 8.98. The number of rotatable bonds is 8. The average molecular weight is 314 g/mol. The van der Waals surface area contributed by atoms with E-state index in [9.17, 15) is 14.7 Å². The van der Waals surface area contributed by atoms with Crippen molar-refractivity contribution in [2.24, 2.45) is 11.3 Å². The number of aliphatic carboxylic acids is 1. The van der Waals surface area contributed by atoms with E-state index in [-0.39, 0.29) is 30.0 Å². The lowest BCUT2D eigenvalue weighted by Crippen LogP contribution is -2.47. The second-order valence-corrected chi connectivity index (χ2v) is 6.39. The molecule has 0 spiro atoms. The summed E-state index contributed by atoms with van der Waals surface area (Å²) < 4.78 is 0. The summed E-state index contributed by atoms with van der Waals surface area (Å²) in [6.07, 6.45) is 5.19. The summed E-state index contributed by atoms with van der Waals surface area (Å²) >= 11 is 0. The normalized spacial score (nSPS) is 22.1. The van der Waals surface area contributed by atoms with Crippen LogP contribution >= 0.6 is 0 Å². The van der Waals surface area contributed by atoms with Gasteiger partial charge >= 0.3 is 12.0 Å². The molecule has 128 valence electrons. The smallest absolute Gasteiger partial charge is 0.315 e. The van der Waals surface area contributed by atoms with Gasteiger partial charge in [0, 0.05) is 19.2 Å². The first-order valence-corrected chi connectivity index (χ1v) is 8.34. The summed E-state index contributed by atoms with van der Waals surface area (Å²) in [5.41, 5.74) is -0.0486. The Hall–Kier alpha value is -1.30. The third-order valence-corrected chi connectivity index (χ3v) is 5.18. The molecule has 0 heterocycles. The summed E-state index contributed by atoms with van der Waals surface area (Å²) in [6, 6.07) is -0.130. The first-order chi connectivity index (χ1) is 10.5. The van der Waals surface area contributed by atoms with Crippen molar-refractivity contribution >= 4 is 12.0 Å². The molecular formula is C16H30N2O4. The lowest BCUT2D eigenvalue weighted by atomic mass is 9.79. The van der Waals surface area contributed by atoms with E-state index in [2.05, 4.69) is 24.5 Å². The highest BCUT2D eigenvalue weighted by molar-refractivity contribution is 5.74. The van der Waals surface area contributed by atoms with Crippen LogP contribution in [0.1, 0.15) is 58.8 Å². The molecule has 0 aromatic heterocycles. The van der Waals surface area contributed by atoms with E-state index in [1.165, 1.54) is 0 Å². The number of amides is 2. The van der Waals surface area contributed by atoms with E-state index >= 15 is 0 Å². The van der Waals surface area contributed by atoms with Gasteiger partial charge in [-0.05, 0) is 50.4 Å². The highest BCUT2D eigenvalue weighted by Gasteiger charge is 2.28. The van der Waals surface area contributed by atoms with Gasteiger partial charge in [0.1, 0.15) is 0 Å². The maximum atomic E-state index is 12.0. The van der Waals surface area contributed by atoms with Gasteiger partial charge < -0.3 is 20.8 Å². The highest BCUT2D eigenvalue weighted by Crippen LogP contribution is 2.29.